The molecule has 0 bridgehead atoms. The van der Waals surface area contributed by atoms with Crippen LogP contribution in [0.5, 0.6) is 0 Å². The first kappa shape index (κ1) is 15.4. The summed E-state index contributed by atoms with van der Waals surface area (Å²) in [7, 11) is -4.10. The Labute approximate surface area is 120 Å². The van der Waals surface area contributed by atoms with Gasteiger partial charge in [0, 0.05) is 31.8 Å². The number of carbonyl (C=O) groups is 1. The van der Waals surface area contributed by atoms with Crippen LogP contribution < -0.4 is 5.32 Å². The van der Waals surface area contributed by atoms with Gasteiger partial charge in [0.05, 0.1) is 9.82 Å². The summed E-state index contributed by atoms with van der Waals surface area (Å²) in [5.41, 5.74) is -0.363. The lowest BCUT2D eigenvalue weighted by molar-refractivity contribution is -0.385. The maximum atomic E-state index is 12.5. The number of rotatable bonds is 4. The number of nitro benzene ring substituents is 1. The van der Waals surface area contributed by atoms with E-state index in [0.29, 0.717) is 6.54 Å². The molecule has 0 radical (unpaired) electrons. The molecule has 1 saturated heterocycles. The fourth-order valence-corrected chi connectivity index (χ4v) is 3.70. The van der Waals surface area contributed by atoms with Gasteiger partial charge in [-0.25, -0.2) is 8.42 Å². The number of non-ortho nitro benzene ring substituents is 1. The molecule has 10 heteroatoms. The summed E-state index contributed by atoms with van der Waals surface area (Å²) >= 11 is 0. The van der Waals surface area contributed by atoms with Gasteiger partial charge in [-0.15, -0.1) is 0 Å². The van der Waals surface area contributed by atoms with Crippen molar-refractivity contribution in [3.05, 3.63) is 34.4 Å². The second-order valence-electron chi connectivity index (χ2n) is 4.43. The molecule has 1 fully saturated rings. The van der Waals surface area contributed by atoms with Gasteiger partial charge in [-0.05, 0) is 6.07 Å². The monoisotopic (exact) mass is 315 g/mol. The van der Waals surface area contributed by atoms with E-state index in [2.05, 4.69) is 5.32 Å². The van der Waals surface area contributed by atoms with Crippen LogP contribution in [0.15, 0.2) is 29.2 Å². The Morgan fingerprint density at radius 3 is 2.81 bits per heavy atom. The molecule has 1 atom stereocenters. The molecular formula is C11H13N3O6S. The molecule has 21 heavy (non-hydrogen) atoms. The summed E-state index contributed by atoms with van der Waals surface area (Å²) in [6, 6.07) is 3.33. The zero-order chi connectivity index (χ0) is 15.6. The SMILES string of the molecule is O=C(O)C1CNCCN1S(=O)(=O)c1cccc([N+](=O)[O-])c1. The van der Waals surface area contributed by atoms with Crippen LogP contribution in [0.4, 0.5) is 5.69 Å². The first-order valence-electron chi connectivity index (χ1n) is 6.04. The highest BCUT2D eigenvalue weighted by atomic mass is 32.2. The zero-order valence-corrected chi connectivity index (χ0v) is 11.6. The Hall–Kier alpha value is -2.04. The smallest absolute Gasteiger partial charge is 0.323 e. The number of hydrogen-bond donors (Lipinski definition) is 2. The average molecular weight is 315 g/mol. The van der Waals surface area contributed by atoms with Crippen molar-refractivity contribution in [3.63, 3.8) is 0 Å². The topological polar surface area (TPSA) is 130 Å². The Morgan fingerprint density at radius 2 is 2.19 bits per heavy atom. The average Bonchev–Trinajstić information content (AvgIpc) is 2.47. The van der Waals surface area contributed by atoms with E-state index in [4.69, 9.17) is 5.11 Å². The van der Waals surface area contributed by atoms with E-state index < -0.39 is 27.0 Å². The molecular weight excluding hydrogens is 302 g/mol. The van der Waals surface area contributed by atoms with Crippen molar-refractivity contribution in [2.45, 2.75) is 10.9 Å². The summed E-state index contributed by atoms with van der Waals surface area (Å²) in [6.45, 7) is 0.295. The number of nitrogens with zero attached hydrogens (tertiary/aromatic N) is 2. The molecule has 1 aromatic rings. The van der Waals surface area contributed by atoms with Crippen molar-refractivity contribution in [1.82, 2.24) is 9.62 Å². The van der Waals surface area contributed by atoms with Gasteiger partial charge in [0.15, 0.2) is 0 Å². The molecule has 1 aliphatic rings. The lowest BCUT2D eigenvalue weighted by Crippen LogP contribution is -2.56. The van der Waals surface area contributed by atoms with Crippen molar-refractivity contribution in [2.75, 3.05) is 19.6 Å². The Kier molecular flexibility index (Phi) is 4.21. The molecule has 0 spiro atoms. The van der Waals surface area contributed by atoms with Crippen molar-refractivity contribution >= 4 is 21.7 Å². The van der Waals surface area contributed by atoms with Crippen LogP contribution in [0, 0.1) is 10.1 Å². The third kappa shape index (κ3) is 3.01. The number of carboxylic acid groups (broad SMARTS) is 1. The van der Waals surface area contributed by atoms with Crippen molar-refractivity contribution < 1.29 is 23.2 Å². The number of sulfonamides is 1. The van der Waals surface area contributed by atoms with E-state index in [1.165, 1.54) is 18.2 Å². The molecule has 1 aliphatic heterocycles. The third-order valence-electron chi connectivity index (χ3n) is 3.11. The molecule has 0 aromatic heterocycles. The molecule has 1 heterocycles. The van der Waals surface area contributed by atoms with Crippen LogP contribution in [-0.4, -0.2) is 54.4 Å². The second-order valence-corrected chi connectivity index (χ2v) is 6.32. The molecule has 0 saturated carbocycles. The van der Waals surface area contributed by atoms with Crippen LogP contribution in [0.1, 0.15) is 0 Å². The fraction of sp³-hybridized carbons (Fsp3) is 0.364. The van der Waals surface area contributed by atoms with E-state index in [1.54, 1.807) is 0 Å². The molecule has 9 nitrogen and oxygen atoms in total. The maximum Gasteiger partial charge on any atom is 0.323 e. The first-order chi connectivity index (χ1) is 9.84. The summed E-state index contributed by atoms with van der Waals surface area (Å²) < 4.78 is 25.8. The number of nitrogens with one attached hydrogen (secondary N) is 1. The quantitative estimate of drug-likeness (QED) is 0.573. The van der Waals surface area contributed by atoms with Crippen LogP contribution >= 0.6 is 0 Å². The molecule has 114 valence electrons. The molecule has 0 amide bonds. The van der Waals surface area contributed by atoms with Crippen LogP contribution in [-0.2, 0) is 14.8 Å². The zero-order valence-electron chi connectivity index (χ0n) is 10.8. The van der Waals surface area contributed by atoms with Gasteiger partial charge in [-0.2, -0.15) is 4.31 Å². The van der Waals surface area contributed by atoms with Crippen molar-refractivity contribution in [2.24, 2.45) is 0 Å². The lowest BCUT2D eigenvalue weighted by atomic mass is 10.2. The van der Waals surface area contributed by atoms with Crippen molar-refractivity contribution in [1.29, 1.82) is 0 Å². The summed E-state index contributed by atoms with van der Waals surface area (Å²) in [6.07, 6.45) is 0. The summed E-state index contributed by atoms with van der Waals surface area (Å²) in [5.74, 6) is -1.27. The van der Waals surface area contributed by atoms with E-state index in [0.717, 1.165) is 10.4 Å². The summed E-state index contributed by atoms with van der Waals surface area (Å²) in [5, 5.41) is 22.6. The number of aliphatic carboxylic acids is 1. The fourth-order valence-electron chi connectivity index (χ4n) is 2.08. The van der Waals surface area contributed by atoms with E-state index in [-0.39, 0.29) is 23.7 Å². The number of nitro groups is 1. The Morgan fingerprint density at radius 1 is 1.48 bits per heavy atom. The van der Waals surface area contributed by atoms with Gasteiger partial charge in [0.2, 0.25) is 10.0 Å². The highest BCUT2D eigenvalue weighted by Gasteiger charge is 2.38. The highest BCUT2D eigenvalue weighted by molar-refractivity contribution is 7.89. The van der Waals surface area contributed by atoms with E-state index >= 15 is 0 Å². The minimum absolute atomic E-state index is 0.0104. The van der Waals surface area contributed by atoms with Gasteiger partial charge in [0.25, 0.3) is 5.69 Å². The second kappa shape index (κ2) is 5.76. The van der Waals surface area contributed by atoms with Crippen LogP contribution in [0.25, 0.3) is 0 Å². The predicted molar refractivity (Wildman–Crippen MR) is 71.3 cm³/mol. The van der Waals surface area contributed by atoms with E-state index in [1.807, 2.05) is 0 Å². The highest BCUT2D eigenvalue weighted by Crippen LogP contribution is 2.23. The van der Waals surface area contributed by atoms with Gasteiger partial charge in [-0.1, -0.05) is 6.07 Å². The summed E-state index contributed by atoms with van der Waals surface area (Å²) in [4.78, 5) is 20.9. The number of piperazine rings is 1. The predicted octanol–water partition coefficient (Wildman–Crippen LogP) is -0.358. The Balaban J connectivity index is 2.43. The van der Waals surface area contributed by atoms with Crippen LogP contribution in [0.2, 0.25) is 0 Å². The standard InChI is InChI=1S/C11H13N3O6S/c15-11(16)10-7-12-4-5-13(10)21(19,20)9-3-1-2-8(6-9)14(17)18/h1-3,6,10,12H,4-5,7H2,(H,15,16). The lowest BCUT2D eigenvalue weighted by Gasteiger charge is -2.32. The van der Waals surface area contributed by atoms with Gasteiger partial charge in [-0.3, -0.25) is 14.9 Å². The third-order valence-corrected chi connectivity index (χ3v) is 5.02. The molecule has 1 aromatic carbocycles. The Bertz CT molecular complexity index is 674. The first-order valence-corrected chi connectivity index (χ1v) is 7.48. The minimum Gasteiger partial charge on any atom is -0.480 e. The largest absolute Gasteiger partial charge is 0.480 e. The molecule has 2 N–H and O–H groups in total. The van der Waals surface area contributed by atoms with E-state index in [9.17, 15) is 23.3 Å². The molecule has 0 aliphatic carbocycles. The normalized spacial score (nSPS) is 20.1. The minimum atomic E-state index is -4.10. The molecule has 1 unspecified atom stereocenters. The number of carboxylic acids is 1. The van der Waals surface area contributed by atoms with Gasteiger partial charge >= 0.3 is 5.97 Å². The maximum absolute atomic E-state index is 12.5. The number of benzene rings is 1. The van der Waals surface area contributed by atoms with Gasteiger partial charge < -0.3 is 10.4 Å². The molecule has 2 rings (SSSR count). The van der Waals surface area contributed by atoms with Crippen LogP contribution in [0.3, 0.4) is 0 Å². The van der Waals surface area contributed by atoms with Crippen molar-refractivity contribution in [3.8, 4) is 0 Å². The van der Waals surface area contributed by atoms with Gasteiger partial charge in [0.1, 0.15) is 6.04 Å². The number of hydrogen-bond acceptors (Lipinski definition) is 6.